The predicted octanol–water partition coefficient (Wildman–Crippen LogP) is 0.896. The van der Waals surface area contributed by atoms with Crippen molar-refractivity contribution in [2.24, 2.45) is 0 Å². The minimum absolute atomic E-state index is 0.0103. The number of benzene rings is 1. The Morgan fingerprint density at radius 2 is 0.829 bits per heavy atom. The van der Waals surface area contributed by atoms with Gasteiger partial charge in [-0.25, -0.2) is 19.6 Å². The third-order valence-electron chi connectivity index (χ3n) is 10.9. The number of hydrogen-bond donors (Lipinski definition) is 0. The second kappa shape index (κ2) is 31.5. The number of rotatable bonds is 15. The van der Waals surface area contributed by atoms with Crippen molar-refractivity contribution < 1.29 is 134 Å². The summed E-state index contributed by atoms with van der Waals surface area (Å²) in [5, 5.41) is 0.0103. The van der Waals surface area contributed by atoms with E-state index in [1.807, 2.05) is 0 Å². The first-order valence-electron chi connectivity index (χ1n) is 24.0. The van der Waals surface area contributed by atoms with Crippen LogP contribution in [-0.2, 0) is 124 Å². The number of fused-ring (bicyclic) bond motifs is 16. The number of esters is 7. The minimum atomic E-state index is -1.92. The maximum Gasteiger partial charge on any atom is 0.303 e. The van der Waals surface area contributed by atoms with E-state index >= 15 is 0 Å². The molecule has 6 rings (SSSR count). The van der Waals surface area contributed by atoms with E-state index in [4.69, 9.17) is 100 Å². The van der Waals surface area contributed by atoms with E-state index in [1.165, 1.54) is 7.11 Å². The van der Waals surface area contributed by atoms with Gasteiger partial charge in [0.2, 0.25) is 0 Å². The lowest BCUT2D eigenvalue weighted by Crippen LogP contribution is -2.68. The second-order valence-electron chi connectivity index (χ2n) is 16.9. The Kier molecular flexibility index (Phi) is 25.7. The van der Waals surface area contributed by atoms with Gasteiger partial charge in [0, 0.05) is 60.9 Å². The van der Waals surface area contributed by atoms with Gasteiger partial charge in [0.15, 0.2) is 61.6 Å². The fourth-order valence-corrected chi connectivity index (χ4v) is 8.54. The highest BCUT2D eigenvalue weighted by Crippen LogP contribution is 2.38. The Balaban J connectivity index is 1.52. The molecule has 76 heavy (non-hydrogen) atoms. The van der Waals surface area contributed by atoms with Crippen LogP contribution in [0, 0.1) is 0 Å². The van der Waals surface area contributed by atoms with Crippen molar-refractivity contribution in [1.82, 2.24) is 0 Å². The zero-order valence-electron chi connectivity index (χ0n) is 43.1. The summed E-state index contributed by atoms with van der Waals surface area (Å²) in [5.74, 6) is -5.16. The summed E-state index contributed by atoms with van der Waals surface area (Å²) in [5.41, 5.74) is 0. The van der Waals surface area contributed by atoms with Gasteiger partial charge in [0.1, 0.15) is 75.6 Å². The van der Waals surface area contributed by atoms with Gasteiger partial charge >= 0.3 is 41.8 Å². The lowest BCUT2D eigenvalue weighted by Gasteiger charge is -2.50. The van der Waals surface area contributed by atoms with Gasteiger partial charge in [-0.1, -0.05) is 15.9 Å². The average molecular weight is 1160 g/mol. The molecule has 1 aromatic carbocycles. The predicted molar refractivity (Wildman–Crippen MR) is 248 cm³/mol. The van der Waals surface area contributed by atoms with E-state index in [0.717, 1.165) is 48.5 Å². The van der Waals surface area contributed by atoms with E-state index in [-0.39, 0.29) is 58.2 Å². The maximum atomic E-state index is 13.1. The molecule has 3 fully saturated rings. The number of hydrogen-bond acceptors (Lipinski definition) is 28. The van der Waals surface area contributed by atoms with Crippen LogP contribution >= 0.6 is 15.9 Å². The molecular formula is C47H65BrO28. The molecule has 428 valence electrons. The fourth-order valence-electron chi connectivity index (χ4n) is 8.02. The van der Waals surface area contributed by atoms with Crippen LogP contribution in [-0.4, -0.2) is 212 Å². The molecule has 29 heteroatoms. The quantitative estimate of drug-likeness (QED) is 0.0774. The van der Waals surface area contributed by atoms with Gasteiger partial charge in [-0.05, 0) is 24.3 Å². The van der Waals surface area contributed by atoms with Crippen LogP contribution in [0.25, 0.3) is 0 Å². The van der Waals surface area contributed by atoms with Crippen molar-refractivity contribution in [2.45, 2.75) is 141 Å². The minimum Gasteiger partial charge on any atom is -0.491 e. The summed E-state index contributed by atoms with van der Waals surface area (Å²) < 4.78 is 99.5. The number of halogens is 1. The molecule has 0 aliphatic carbocycles. The Hall–Kier alpha value is -4.89. The molecule has 5 heterocycles. The van der Waals surface area contributed by atoms with E-state index in [1.54, 1.807) is 24.3 Å². The first kappa shape index (κ1) is 62.0. The Morgan fingerprint density at radius 3 is 1.26 bits per heavy atom. The largest absolute Gasteiger partial charge is 0.491 e. The van der Waals surface area contributed by atoms with Crippen molar-refractivity contribution in [3.05, 3.63) is 24.3 Å². The second-order valence-corrected chi connectivity index (χ2v) is 17.5. The highest BCUT2D eigenvalue weighted by molar-refractivity contribution is 9.09. The molecule has 15 atom stereocenters. The van der Waals surface area contributed by atoms with Gasteiger partial charge in [0.05, 0.1) is 32.5 Å². The van der Waals surface area contributed by atoms with Crippen LogP contribution < -0.4 is 9.47 Å². The molecule has 0 aromatic heterocycles. The van der Waals surface area contributed by atoms with Crippen molar-refractivity contribution in [1.29, 1.82) is 0 Å². The SMILES string of the molecule is CO[C@H]1O[C@H](CBr)[C@@H](O[C@@H]2O[C@H](COC(C)=O)[C@@H](O[C@@H]3O[C@H](COC(C)=O)[C@H](OC(C)=O)[C@H](OC(C)=O)[C@H]3OC(C)=O)[C@H](OC(C)=O)[C@H]2OC(C)=O)[C@@H]2OOCCOCCOc3ccc(cc3)OCCOCCOO[C@@H]12. The number of methoxy groups -OCH3 is 1. The van der Waals surface area contributed by atoms with Crippen LogP contribution in [0.2, 0.25) is 0 Å². The Morgan fingerprint density at radius 1 is 0.447 bits per heavy atom. The molecule has 0 amide bonds. The fraction of sp³-hybridized carbons (Fsp3) is 0.723. The first-order chi connectivity index (χ1) is 36.4. The molecule has 0 unspecified atom stereocenters. The standard InChI is InChI=1S/C47H65BrO28/c1-24(49)61-22-34-37(65-26(3)51)39(66-27(4)52)42(68-29(6)54)47(71-34)74-38-35(23-62-25(2)50)72-46(43(69-30(7)55)40(38)67-28(5)53)73-36-33(21-48)70-45(56-8)44-41(36)75-63-19-15-57-13-17-59-31-9-11-32(12-10-31)60-18-14-58-16-20-64-76-44/h9-12,33-47H,13-23H2,1-8H3/t33-,34-,35-,36-,37+,38-,39+,40+,41+,42-,43-,44-,45+,46+,47+/m1/s1. The number of ether oxygens (including phenoxy) is 17. The van der Waals surface area contributed by atoms with Crippen LogP contribution in [0.15, 0.2) is 24.3 Å². The van der Waals surface area contributed by atoms with Crippen molar-refractivity contribution in [3.63, 3.8) is 0 Å². The lowest BCUT2D eigenvalue weighted by atomic mass is 9.95. The molecule has 0 saturated carbocycles. The monoisotopic (exact) mass is 1160 g/mol. The number of carbonyl (C=O) groups is 7. The highest BCUT2D eigenvalue weighted by Gasteiger charge is 2.59. The normalized spacial score (nSPS) is 31.9. The van der Waals surface area contributed by atoms with E-state index in [2.05, 4.69) is 15.9 Å². The topological polar surface area (TPSA) is 313 Å². The van der Waals surface area contributed by atoms with Crippen LogP contribution in [0.3, 0.4) is 0 Å². The molecule has 0 spiro atoms. The molecule has 0 radical (unpaired) electrons. The van der Waals surface area contributed by atoms with Gasteiger partial charge in [-0.3, -0.25) is 33.6 Å². The van der Waals surface area contributed by atoms with Crippen molar-refractivity contribution >= 4 is 57.7 Å². The van der Waals surface area contributed by atoms with E-state index in [0.29, 0.717) is 11.5 Å². The third kappa shape index (κ3) is 19.2. The zero-order valence-corrected chi connectivity index (χ0v) is 44.6. The summed E-state index contributed by atoms with van der Waals surface area (Å²) in [4.78, 5) is 112. The summed E-state index contributed by atoms with van der Waals surface area (Å²) in [6, 6.07) is 7.02. The summed E-state index contributed by atoms with van der Waals surface area (Å²) in [6.07, 6.45) is -23.7. The third-order valence-corrected chi connectivity index (χ3v) is 11.6. The molecule has 5 aliphatic heterocycles. The molecule has 3 saturated heterocycles. The molecule has 0 N–H and O–H groups in total. The highest BCUT2D eigenvalue weighted by atomic mass is 79.9. The lowest BCUT2D eigenvalue weighted by molar-refractivity contribution is -0.458. The Labute approximate surface area is 445 Å². The van der Waals surface area contributed by atoms with Gasteiger partial charge < -0.3 is 80.5 Å². The summed E-state index contributed by atoms with van der Waals surface area (Å²) in [6.45, 7) is 6.54. The first-order valence-corrected chi connectivity index (χ1v) is 25.1. The van der Waals surface area contributed by atoms with Gasteiger partial charge in [-0.15, -0.1) is 0 Å². The zero-order chi connectivity index (χ0) is 55.3. The van der Waals surface area contributed by atoms with E-state index < -0.39 is 147 Å². The van der Waals surface area contributed by atoms with Gasteiger partial charge in [-0.2, -0.15) is 0 Å². The smallest absolute Gasteiger partial charge is 0.303 e. The molecule has 28 nitrogen and oxygen atoms in total. The Bertz CT molecular complexity index is 2030. The maximum absolute atomic E-state index is 13.1. The van der Waals surface area contributed by atoms with Crippen LogP contribution in [0.4, 0.5) is 0 Å². The average Bonchev–Trinajstić information content (AvgIpc) is 3.35. The van der Waals surface area contributed by atoms with Gasteiger partial charge in [0.25, 0.3) is 0 Å². The molecule has 1 aromatic rings. The van der Waals surface area contributed by atoms with Crippen molar-refractivity contribution in [2.75, 3.05) is 78.5 Å². The molecular weight excluding hydrogens is 1090 g/mol. The summed E-state index contributed by atoms with van der Waals surface area (Å²) in [7, 11) is 1.34. The number of carbonyl (C=O) groups excluding carboxylic acids is 7. The molecule has 5 aliphatic rings. The molecule has 2 bridgehead atoms. The summed E-state index contributed by atoms with van der Waals surface area (Å²) >= 11 is 3.45. The van der Waals surface area contributed by atoms with Crippen LogP contribution in [0.5, 0.6) is 11.5 Å². The number of alkyl halides is 1. The van der Waals surface area contributed by atoms with E-state index in [9.17, 15) is 33.6 Å². The van der Waals surface area contributed by atoms with Crippen molar-refractivity contribution in [3.8, 4) is 11.5 Å². The van der Waals surface area contributed by atoms with Crippen LogP contribution in [0.1, 0.15) is 48.5 Å².